The highest BCUT2D eigenvalue weighted by atomic mass is 16.6. The number of cyclic esters (lactones) is 1. The first-order valence-corrected chi connectivity index (χ1v) is 13.4. The number of nitrogens with zero attached hydrogens (tertiary/aromatic N) is 3. The lowest BCUT2D eigenvalue weighted by molar-refractivity contribution is -0.349. The molecule has 0 radical (unpaired) electrons. The molecule has 0 unspecified atom stereocenters. The van der Waals surface area contributed by atoms with E-state index in [1.165, 1.54) is 6.20 Å². The van der Waals surface area contributed by atoms with Gasteiger partial charge in [0.15, 0.2) is 0 Å². The number of carbonyl (C=O) groups excluding carboxylic acids is 3. The summed E-state index contributed by atoms with van der Waals surface area (Å²) in [4.78, 5) is 44.1. The number of quaternary nitrogens is 1. The molecular weight excluding hydrogens is 498 g/mol. The topological polar surface area (TPSA) is 133 Å². The van der Waals surface area contributed by atoms with Gasteiger partial charge >= 0.3 is 6.09 Å². The van der Waals surface area contributed by atoms with Crippen LogP contribution in [0.4, 0.5) is 16.2 Å². The first-order chi connectivity index (χ1) is 18.9. The zero-order valence-corrected chi connectivity index (χ0v) is 22.4. The fraction of sp³-hybridized carbons (Fsp3) is 0.414. The summed E-state index contributed by atoms with van der Waals surface area (Å²) in [6.45, 7) is 3.25. The van der Waals surface area contributed by atoms with Crippen LogP contribution in [-0.2, 0) is 9.53 Å². The predicted molar refractivity (Wildman–Crippen MR) is 147 cm³/mol. The Morgan fingerprint density at radius 2 is 1.72 bits per heavy atom. The number of hydrogen-bond donors (Lipinski definition) is 2. The van der Waals surface area contributed by atoms with Crippen molar-refractivity contribution in [1.82, 2.24) is 4.90 Å². The molecule has 0 aliphatic carbocycles. The molecule has 10 nitrogen and oxygen atoms in total. The molecule has 3 amide bonds. The minimum Gasteiger partial charge on any atom is -0.496 e. The molecule has 0 aromatic heterocycles. The van der Waals surface area contributed by atoms with E-state index >= 15 is 0 Å². The van der Waals surface area contributed by atoms with Gasteiger partial charge in [-0.05, 0) is 62.1 Å². The molecule has 39 heavy (non-hydrogen) atoms. The van der Waals surface area contributed by atoms with Gasteiger partial charge in [-0.1, -0.05) is 0 Å². The Hall–Kier alpha value is -4.05. The Morgan fingerprint density at radius 3 is 2.36 bits per heavy atom. The number of carbonyl (C=O) groups is 3. The summed E-state index contributed by atoms with van der Waals surface area (Å²) >= 11 is 0. The number of methoxy groups -OCH3 is 1. The van der Waals surface area contributed by atoms with Crippen LogP contribution >= 0.6 is 0 Å². The minimum absolute atomic E-state index is 0.0607. The maximum absolute atomic E-state index is 13.7. The highest BCUT2D eigenvalue weighted by Crippen LogP contribution is 2.44. The lowest BCUT2D eigenvalue weighted by atomic mass is 9.77. The highest BCUT2D eigenvalue weighted by Gasteiger charge is 2.49. The van der Waals surface area contributed by atoms with Gasteiger partial charge in [0.1, 0.15) is 12.3 Å². The van der Waals surface area contributed by atoms with E-state index in [4.69, 9.17) is 15.2 Å². The number of likely N-dealkylation sites (tertiary alicyclic amines) is 1. The second-order valence-corrected chi connectivity index (χ2v) is 10.3. The number of piperidine rings is 1. The molecule has 0 saturated carbocycles. The number of hydrogen-bond acceptors (Lipinski definition) is 6. The smallest absolute Gasteiger partial charge is 0.414 e. The van der Waals surface area contributed by atoms with E-state index in [-0.39, 0.29) is 17.9 Å². The summed E-state index contributed by atoms with van der Waals surface area (Å²) in [5.41, 5.74) is 13.1. The van der Waals surface area contributed by atoms with Crippen LogP contribution in [0.15, 0.2) is 48.7 Å². The third-order valence-electron chi connectivity index (χ3n) is 8.23. The molecule has 3 aliphatic heterocycles. The summed E-state index contributed by atoms with van der Waals surface area (Å²) in [7, 11) is 1.61. The zero-order valence-electron chi connectivity index (χ0n) is 22.4. The third kappa shape index (κ3) is 4.92. The van der Waals surface area contributed by atoms with Gasteiger partial charge < -0.3 is 30.7 Å². The van der Waals surface area contributed by atoms with Gasteiger partial charge in [0.05, 0.1) is 19.1 Å². The second kappa shape index (κ2) is 11.0. The molecule has 5 rings (SSSR count). The quantitative estimate of drug-likeness (QED) is 0.584. The monoisotopic (exact) mass is 534 g/mol. The number of amides is 3. The standard InChI is InChI=1S/C29H35N5O5/c1-38-25-17-23(7-8-24(25)21(18-30)19-31)33-15-11-29(27(33)36)9-13-32(14-10-29)26(35)20-3-5-22(6-4-20)34-12-2-16-39-28(34)37/h3-8,17-18H,2,9-16,19,30-31H2,1H3/p+1/b21-18+. The first kappa shape index (κ1) is 26.6. The molecule has 3 aliphatic rings. The molecule has 0 atom stereocenters. The van der Waals surface area contributed by atoms with Crippen molar-refractivity contribution in [3.05, 3.63) is 59.8 Å². The van der Waals surface area contributed by atoms with Crippen molar-refractivity contribution in [3.8, 4) is 5.75 Å². The van der Waals surface area contributed by atoms with Crippen LogP contribution in [0, 0.1) is 5.41 Å². The van der Waals surface area contributed by atoms with E-state index in [1.807, 2.05) is 28.0 Å². The summed E-state index contributed by atoms with van der Waals surface area (Å²) in [6.07, 6.45) is 3.97. The van der Waals surface area contributed by atoms with Gasteiger partial charge in [0.25, 0.3) is 5.91 Å². The van der Waals surface area contributed by atoms with Gasteiger partial charge in [-0.25, -0.2) is 4.79 Å². The van der Waals surface area contributed by atoms with Gasteiger partial charge in [-0.3, -0.25) is 14.5 Å². The number of nitrogens with two attached hydrogens (primary N) is 1. The van der Waals surface area contributed by atoms with Crippen LogP contribution in [0.5, 0.6) is 5.75 Å². The molecule has 0 bridgehead atoms. The van der Waals surface area contributed by atoms with Crippen molar-refractivity contribution >= 4 is 34.9 Å². The number of anilines is 2. The second-order valence-electron chi connectivity index (χ2n) is 10.3. The Balaban J connectivity index is 1.23. The van der Waals surface area contributed by atoms with E-state index in [9.17, 15) is 14.4 Å². The Morgan fingerprint density at radius 1 is 1.03 bits per heavy atom. The van der Waals surface area contributed by atoms with Crippen LogP contribution < -0.4 is 26.0 Å². The number of rotatable bonds is 6. The fourth-order valence-electron chi connectivity index (χ4n) is 5.84. The molecule has 206 valence electrons. The van der Waals surface area contributed by atoms with Crippen LogP contribution in [-0.4, -0.2) is 69.2 Å². The molecule has 3 heterocycles. The van der Waals surface area contributed by atoms with Crippen molar-refractivity contribution in [2.24, 2.45) is 11.1 Å². The normalized spacial score (nSPS) is 19.4. The lowest BCUT2D eigenvalue weighted by Crippen LogP contribution is -2.50. The number of ether oxygens (including phenoxy) is 2. The minimum atomic E-state index is -0.461. The van der Waals surface area contributed by atoms with Gasteiger partial charge in [-0.15, -0.1) is 0 Å². The average molecular weight is 535 g/mol. The predicted octanol–water partition coefficient (Wildman–Crippen LogP) is 2.24. The third-order valence-corrected chi connectivity index (χ3v) is 8.23. The van der Waals surface area contributed by atoms with Crippen molar-refractivity contribution in [2.45, 2.75) is 25.7 Å². The molecule has 2 aromatic rings. The largest absolute Gasteiger partial charge is 0.496 e. The van der Waals surface area contributed by atoms with E-state index in [1.54, 1.807) is 36.3 Å². The van der Waals surface area contributed by atoms with E-state index in [0.717, 1.165) is 35.4 Å². The van der Waals surface area contributed by atoms with Crippen LogP contribution in [0.25, 0.3) is 5.57 Å². The van der Waals surface area contributed by atoms with Crippen molar-refractivity contribution < 1.29 is 29.6 Å². The van der Waals surface area contributed by atoms with E-state index in [2.05, 4.69) is 5.73 Å². The van der Waals surface area contributed by atoms with Crippen molar-refractivity contribution in [2.75, 3.05) is 56.2 Å². The Labute approximate surface area is 228 Å². The maximum Gasteiger partial charge on any atom is 0.414 e. The van der Waals surface area contributed by atoms with Crippen LogP contribution in [0.2, 0.25) is 0 Å². The number of benzene rings is 2. The molecule has 2 aromatic carbocycles. The highest BCUT2D eigenvalue weighted by molar-refractivity contribution is 6.01. The summed E-state index contributed by atoms with van der Waals surface area (Å²) in [5.74, 6) is 0.702. The van der Waals surface area contributed by atoms with Crippen LogP contribution in [0.1, 0.15) is 41.6 Å². The summed E-state index contributed by atoms with van der Waals surface area (Å²) in [5, 5.41) is 0. The molecule has 3 fully saturated rings. The van der Waals surface area contributed by atoms with Gasteiger partial charge in [-0.2, -0.15) is 0 Å². The summed E-state index contributed by atoms with van der Waals surface area (Å²) < 4.78 is 10.7. The average Bonchev–Trinajstić information content (AvgIpc) is 3.29. The Kier molecular flexibility index (Phi) is 7.47. The molecular formula is C29H36N5O5+. The Bertz CT molecular complexity index is 1280. The molecule has 10 heteroatoms. The molecule has 1 spiro atoms. The van der Waals surface area contributed by atoms with Crippen LogP contribution in [0.3, 0.4) is 0 Å². The van der Waals surface area contributed by atoms with Crippen molar-refractivity contribution in [3.63, 3.8) is 0 Å². The first-order valence-electron chi connectivity index (χ1n) is 13.4. The van der Waals surface area contributed by atoms with Gasteiger partial charge in [0, 0.05) is 66.5 Å². The SMILES string of the molecule is COc1cc(N2CCC3(CCN(C(=O)c4ccc(N5CCCOC5=O)cc4)CC3)C2=O)ccc1/C(=C/N)C[NH3+]. The zero-order chi connectivity index (χ0) is 27.6. The maximum atomic E-state index is 13.7. The fourth-order valence-corrected chi connectivity index (χ4v) is 5.84. The van der Waals surface area contributed by atoms with E-state index in [0.29, 0.717) is 63.5 Å². The van der Waals surface area contributed by atoms with Crippen molar-refractivity contribution in [1.29, 1.82) is 0 Å². The van der Waals surface area contributed by atoms with E-state index < -0.39 is 5.41 Å². The lowest BCUT2D eigenvalue weighted by Gasteiger charge is -2.38. The van der Waals surface area contributed by atoms with Gasteiger partial charge in [0.2, 0.25) is 5.91 Å². The molecule has 3 saturated heterocycles. The summed E-state index contributed by atoms with van der Waals surface area (Å²) in [6, 6.07) is 12.8. The molecule has 5 N–H and O–H groups in total.